The number of ether oxygens (including phenoxy) is 1. The standard InChI is InChI=1S/C17H25NO3/c1-12-9-13(2)15(14(3)10-12)16(19)18(4)11-17(20)5-7-21-8-6-17/h9-10,20H,5-8,11H2,1-4H3. The molecule has 1 aliphatic heterocycles. The number of hydrogen-bond acceptors (Lipinski definition) is 3. The van der Waals surface area contributed by atoms with Crippen LogP contribution in [0.25, 0.3) is 0 Å². The molecule has 2 rings (SSSR count). The van der Waals surface area contributed by atoms with Gasteiger partial charge in [-0.05, 0) is 31.9 Å². The van der Waals surface area contributed by atoms with E-state index in [0.717, 1.165) is 22.3 Å². The lowest BCUT2D eigenvalue weighted by atomic mass is 9.93. The fraction of sp³-hybridized carbons (Fsp3) is 0.588. The van der Waals surface area contributed by atoms with Gasteiger partial charge in [0.05, 0.1) is 5.60 Å². The van der Waals surface area contributed by atoms with Crippen molar-refractivity contribution in [3.63, 3.8) is 0 Å². The van der Waals surface area contributed by atoms with Gasteiger partial charge in [0.2, 0.25) is 0 Å². The zero-order chi connectivity index (χ0) is 15.6. The highest BCUT2D eigenvalue weighted by Crippen LogP contribution is 2.23. The first-order valence-electron chi connectivity index (χ1n) is 7.46. The SMILES string of the molecule is Cc1cc(C)c(C(=O)N(C)CC2(O)CCOCC2)c(C)c1. The highest BCUT2D eigenvalue weighted by molar-refractivity contribution is 5.97. The summed E-state index contributed by atoms with van der Waals surface area (Å²) in [6.07, 6.45) is 1.16. The summed E-state index contributed by atoms with van der Waals surface area (Å²) in [5, 5.41) is 10.5. The first-order chi connectivity index (χ1) is 9.82. The maximum Gasteiger partial charge on any atom is 0.254 e. The van der Waals surface area contributed by atoms with Crippen LogP contribution in [0.4, 0.5) is 0 Å². The van der Waals surface area contributed by atoms with Gasteiger partial charge in [0.25, 0.3) is 5.91 Å². The van der Waals surface area contributed by atoms with Crippen molar-refractivity contribution in [1.82, 2.24) is 4.90 Å². The van der Waals surface area contributed by atoms with Crippen LogP contribution in [0.1, 0.15) is 39.9 Å². The second-order valence-electron chi connectivity index (χ2n) is 6.27. The monoisotopic (exact) mass is 291 g/mol. The van der Waals surface area contributed by atoms with Crippen LogP contribution in [0.3, 0.4) is 0 Å². The molecule has 1 aliphatic rings. The van der Waals surface area contributed by atoms with Crippen LogP contribution in [0.15, 0.2) is 12.1 Å². The average Bonchev–Trinajstić information content (AvgIpc) is 2.37. The Kier molecular flexibility index (Phi) is 4.69. The Balaban J connectivity index is 2.16. The number of aryl methyl sites for hydroxylation is 3. The van der Waals surface area contributed by atoms with Gasteiger partial charge in [-0.2, -0.15) is 0 Å². The molecule has 21 heavy (non-hydrogen) atoms. The summed E-state index contributed by atoms with van der Waals surface area (Å²) in [7, 11) is 1.76. The molecule has 1 fully saturated rings. The van der Waals surface area contributed by atoms with Crippen LogP contribution in [0.2, 0.25) is 0 Å². The van der Waals surface area contributed by atoms with Gasteiger partial charge in [-0.3, -0.25) is 4.79 Å². The number of nitrogens with zero attached hydrogens (tertiary/aromatic N) is 1. The largest absolute Gasteiger partial charge is 0.388 e. The average molecular weight is 291 g/mol. The molecule has 0 unspecified atom stereocenters. The molecule has 4 nitrogen and oxygen atoms in total. The molecule has 1 aromatic rings. The summed E-state index contributed by atoms with van der Waals surface area (Å²) >= 11 is 0. The molecule has 0 saturated carbocycles. The highest BCUT2D eigenvalue weighted by atomic mass is 16.5. The number of hydrogen-bond donors (Lipinski definition) is 1. The van der Waals surface area contributed by atoms with E-state index in [0.29, 0.717) is 32.6 Å². The predicted molar refractivity (Wildman–Crippen MR) is 82.6 cm³/mol. The molecular formula is C17H25NO3. The molecule has 0 atom stereocenters. The van der Waals surface area contributed by atoms with E-state index in [4.69, 9.17) is 4.74 Å². The third-order valence-corrected chi connectivity index (χ3v) is 4.19. The minimum absolute atomic E-state index is 0.0232. The van der Waals surface area contributed by atoms with Gasteiger partial charge in [-0.15, -0.1) is 0 Å². The van der Waals surface area contributed by atoms with E-state index in [1.54, 1.807) is 11.9 Å². The van der Waals surface area contributed by atoms with Gasteiger partial charge in [0, 0.05) is 45.2 Å². The van der Waals surface area contributed by atoms with Gasteiger partial charge in [-0.1, -0.05) is 17.7 Å². The molecule has 0 aliphatic carbocycles. The first kappa shape index (κ1) is 16.0. The fourth-order valence-electron chi connectivity index (χ4n) is 3.13. The second-order valence-corrected chi connectivity index (χ2v) is 6.27. The zero-order valence-corrected chi connectivity index (χ0v) is 13.4. The molecule has 0 radical (unpaired) electrons. The molecule has 1 saturated heterocycles. The molecule has 1 N–H and O–H groups in total. The van der Waals surface area contributed by atoms with E-state index >= 15 is 0 Å². The number of carbonyl (C=O) groups excluding carboxylic acids is 1. The minimum atomic E-state index is -0.824. The fourth-order valence-corrected chi connectivity index (χ4v) is 3.13. The zero-order valence-electron chi connectivity index (χ0n) is 13.4. The third-order valence-electron chi connectivity index (χ3n) is 4.19. The smallest absolute Gasteiger partial charge is 0.254 e. The van der Waals surface area contributed by atoms with Crippen molar-refractivity contribution in [1.29, 1.82) is 0 Å². The Hall–Kier alpha value is -1.39. The summed E-state index contributed by atoms with van der Waals surface area (Å²) < 4.78 is 5.28. The predicted octanol–water partition coefficient (Wildman–Crippen LogP) is 2.23. The summed E-state index contributed by atoms with van der Waals surface area (Å²) in [6.45, 7) is 7.42. The number of benzene rings is 1. The lowest BCUT2D eigenvalue weighted by Gasteiger charge is -2.35. The van der Waals surface area contributed by atoms with E-state index in [-0.39, 0.29) is 5.91 Å². The number of carbonyl (C=O) groups is 1. The van der Waals surface area contributed by atoms with Crippen molar-refractivity contribution >= 4 is 5.91 Å². The minimum Gasteiger partial charge on any atom is -0.388 e. The lowest BCUT2D eigenvalue weighted by Crippen LogP contribution is -2.47. The summed E-state index contributed by atoms with van der Waals surface area (Å²) in [5.41, 5.74) is 3.06. The van der Waals surface area contributed by atoms with Crippen LogP contribution < -0.4 is 0 Å². The van der Waals surface area contributed by atoms with Crippen LogP contribution in [0, 0.1) is 20.8 Å². The molecule has 0 bridgehead atoms. The molecule has 1 amide bonds. The maximum atomic E-state index is 12.7. The number of likely N-dealkylation sites (N-methyl/N-ethyl adjacent to an activating group) is 1. The van der Waals surface area contributed by atoms with Gasteiger partial charge in [-0.25, -0.2) is 0 Å². The van der Waals surface area contributed by atoms with Crippen LogP contribution in [-0.4, -0.2) is 48.3 Å². The Bertz CT molecular complexity index is 510. The molecular weight excluding hydrogens is 266 g/mol. The van der Waals surface area contributed by atoms with E-state index in [9.17, 15) is 9.90 Å². The quantitative estimate of drug-likeness (QED) is 0.929. The van der Waals surface area contributed by atoms with Gasteiger partial charge >= 0.3 is 0 Å². The normalized spacial score (nSPS) is 17.6. The van der Waals surface area contributed by atoms with Gasteiger partial charge < -0.3 is 14.7 Å². The Morgan fingerprint density at radius 2 is 1.76 bits per heavy atom. The van der Waals surface area contributed by atoms with Crippen LogP contribution in [0.5, 0.6) is 0 Å². The molecule has 1 heterocycles. The van der Waals surface area contributed by atoms with Crippen LogP contribution in [-0.2, 0) is 4.74 Å². The van der Waals surface area contributed by atoms with Gasteiger partial charge in [0.15, 0.2) is 0 Å². The summed E-state index contributed by atoms with van der Waals surface area (Å²) in [6, 6.07) is 4.05. The number of aliphatic hydroxyl groups is 1. The Labute approximate surface area is 126 Å². The summed E-state index contributed by atoms with van der Waals surface area (Å²) in [5.74, 6) is -0.0232. The molecule has 1 aromatic carbocycles. The Morgan fingerprint density at radius 3 is 2.29 bits per heavy atom. The van der Waals surface area contributed by atoms with Crippen molar-refractivity contribution in [3.05, 3.63) is 34.4 Å². The van der Waals surface area contributed by atoms with Crippen LogP contribution >= 0.6 is 0 Å². The van der Waals surface area contributed by atoms with Gasteiger partial charge in [0.1, 0.15) is 0 Å². The van der Waals surface area contributed by atoms with E-state index in [1.807, 2.05) is 32.9 Å². The van der Waals surface area contributed by atoms with Crippen molar-refractivity contribution in [2.45, 2.75) is 39.2 Å². The third kappa shape index (κ3) is 3.63. The van der Waals surface area contributed by atoms with E-state index in [1.165, 1.54) is 0 Å². The second kappa shape index (κ2) is 6.16. The number of rotatable bonds is 3. The highest BCUT2D eigenvalue weighted by Gasteiger charge is 2.33. The van der Waals surface area contributed by atoms with Crippen molar-refractivity contribution in [2.75, 3.05) is 26.8 Å². The molecule has 4 heteroatoms. The Morgan fingerprint density at radius 1 is 1.24 bits per heavy atom. The van der Waals surface area contributed by atoms with Crippen molar-refractivity contribution < 1.29 is 14.6 Å². The first-order valence-corrected chi connectivity index (χ1v) is 7.46. The lowest BCUT2D eigenvalue weighted by molar-refractivity contribution is -0.0734. The molecule has 0 spiro atoms. The summed E-state index contributed by atoms with van der Waals surface area (Å²) in [4.78, 5) is 14.3. The molecule has 0 aromatic heterocycles. The molecule has 116 valence electrons. The maximum absolute atomic E-state index is 12.7. The van der Waals surface area contributed by atoms with E-state index < -0.39 is 5.60 Å². The van der Waals surface area contributed by atoms with Crippen molar-refractivity contribution in [3.8, 4) is 0 Å². The van der Waals surface area contributed by atoms with E-state index in [2.05, 4.69) is 0 Å². The van der Waals surface area contributed by atoms with Crippen molar-refractivity contribution in [2.24, 2.45) is 0 Å². The number of amides is 1. The topological polar surface area (TPSA) is 49.8 Å².